The van der Waals surface area contributed by atoms with Crippen LogP contribution < -0.4 is 10.6 Å². The second-order valence-corrected chi connectivity index (χ2v) is 10.1. The van der Waals surface area contributed by atoms with Crippen LogP contribution in [0.15, 0.2) is 36.1 Å². The van der Waals surface area contributed by atoms with Crippen LogP contribution >= 0.6 is 22.9 Å². The lowest BCUT2D eigenvalue weighted by Gasteiger charge is -2.25. The molecule has 166 valence electrons. The fourth-order valence-corrected chi connectivity index (χ4v) is 6.91. The van der Waals surface area contributed by atoms with Gasteiger partial charge >= 0.3 is 0 Å². The number of halogens is 1. The number of thiazole rings is 1. The number of piperidine rings is 1. The van der Waals surface area contributed by atoms with E-state index in [1.165, 1.54) is 5.01 Å². The van der Waals surface area contributed by atoms with Gasteiger partial charge in [0.25, 0.3) is 0 Å². The van der Waals surface area contributed by atoms with Crippen LogP contribution in [0.4, 0.5) is 5.82 Å². The number of aromatic nitrogens is 7. The maximum absolute atomic E-state index is 6.64. The van der Waals surface area contributed by atoms with Gasteiger partial charge in [-0.2, -0.15) is 10.2 Å². The zero-order chi connectivity index (χ0) is 22.3. The summed E-state index contributed by atoms with van der Waals surface area (Å²) in [6, 6.07) is 3.77. The Labute approximate surface area is 197 Å². The van der Waals surface area contributed by atoms with Crippen LogP contribution in [-0.4, -0.2) is 54.4 Å². The Hall–Kier alpha value is -3.08. The normalized spacial score (nSPS) is 24.2. The summed E-state index contributed by atoms with van der Waals surface area (Å²) in [5.74, 6) is 1.86. The van der Waals surface area contributed by atoms with Gasteiger partial charge in [-0.25, -0.2) is 19.5 Å². The average molecular weight is 478 g/mol. The van der Waals surface area contributed by atoms with E-state index in [1.54, 1.807) is 22.0 Å². The summed E-state index contributed by atoms with van der Waals surface area (Å²) in [5, 5.41) is 15.6. The van der Waals surface area contributed by atoms with Gasteiger partial charge in [-0.05, 0) is 30.9 Å². The molecule has 33 heavy (non-hydrogen) atoms. The monoisotopic (exact) mass is 477 g/mol. The minimum absolute atomic E-state index is 0.0250. The Morgan fingerprint density at radius 2 is 2.12 bits per heavy atom. The van der Waals surface area contributed by atoms with Crippen LogP contribution in [-0.2, 0) is 5.41 Å². The Balaban J connectivity index is 1.18. The van der Waals surface area contributed by atoms with Gasteiger partial charge in [0.2, 0.25) is 0 Å². The molecule has 1 aliphatic carbocycles. The van der Waals surface area contributed by atoms with Crippen LogP contribution in [0.3, 0.4) is 0 Å². The minimum Gasteiger partial charge on any atom is -0.355 e. The number of pyridine rings is 1. The van der Waals surface area contributed by atoms with Gasteiger partial charge in [0.05, 0.1) is 22.9 Å². The van der Waals surface area contributed by atoms with Crippen LogP contribution in [0.25, 0.3) is 27.9 Å². The highest BCUT2D eigenvalue weighted by Crippen LogP contribution is 2.63. The second kappa shape index (κ2) is 6.72. The van der Waals surface area contributed by atoms with Crippen LogP contribution in [0.5, 0.6) is 0 Å². The molecule has 5 aromatic heterocycles. The van der Waals surface area contributed by atoms with Crippen LogP contribution in [0, 0.1) is 18.8 Å². The molecule has 0 spiro atoms. The molecule has 3 atom stereocenters. The number of H-pyrrole nitrogens is 1. The van der Waals surface area contributed by atoms with E-state index >= 15 is 0 Å². The van der Waals surface area contributed by atoms with E-state index in [0.717, 1.165) is 35.7 Å². The predicted molar refractivity (Wildman–Crippen MR) is 128 cm³/mol. The summed E-state index contributed by atoms with van der Waals surface area (Å²) in [7, 11) is 0. The van der Waals surface area contributed by atoms with Crippen molar-refractivity contribution < 1.29 is 0 Å². The summed E-state index contributed by atoms with van der Waals surface area (Å²) >= 11 is 8.37. The highest BCUT2D eigenvalue weighted by Gasteiger charge is 2.69. The first kappa shape index (κ1) is 19.4. The number of hydrogen-bond acceptors (Lipinski definition) is 8. The standard InChI is InChI=1S/C22H20ClN9S/c1-11-9-33-21(27-11)22(10-24)13-7-31(8-14(13)22)16-6-25-19-18(29-30-20(19)28-16)12-3-5-32-15(17(12)23)2-4-26-32/h2-6,9,13-14H,7-8,10,24H2,1H3,(H,28,29,30)/t13-,14+,22-. The quantitative estimate of drug-likeness (QED) is 0.409. The van der Waals surface area contributed by atoms with E-state index in [2.05, 4.69) is 25.6 Å². The molecule has 6 heterocycles. The number of anilines is 1. The molecule has 2 aliphatic rings. The third kappa shape index (κ3) is 2.59. The predicted octanol–water partition coefficient (Wildman–Crippen LogP) is 3.05. The number of fused-ring (bicyclic) bond motifs is 3. The third-order valence-electron chi connectivity index (χ3n) is 7.24. The Morgan fingerprint density at radius 3 is 2.88 bits per heavy atom. The van der Waals surface area contributed by atoms with Crippen molar-refractivity contribution in [1.29, 1.82) is 0 Å². The number of aryl methyl sites for hydroxylation is 1. The van der Waals surface area contributed by atoms with Gasteiger partial charge in [-0.15, -0.1) is 11.3 Å². The third-order valence-corrected chi connectivity index (χ3v) is 8.79. The van der Waals surface area contributed by atoms with Crippen LogP contribution in [0.2, 0.25) is 5.02 Å². The highest BCUT2D eigenvalue weighted by molar-refractivity contribution is 7.09. The number of nitrogens with two attached hydrogens (primary N) is 1. The van der Waals surface area contributed by atoms with Crippen molar-refractivity contribution in [2.75, 3.05) is 24.5 Å². The summed E-state index contributed by atoms with van der Waals surface area (Å²) in [4.78, 5) is 16.6. The van der Waals surface area contributed by atoms with Crippen molar-refractivity contribution in [2.45, 2.75) is 12.3 Å². The van der Waals surface area contributed by atoms with Crippen molar-refractivity contribution in [3.8, 4) is 11.3 Å². The molecule has 0 unspecified atom stereocenters. The van der Waals surface area contributed by atoms with Gasteiger partial charge < -0.3 is 10.6 Å². The minimum atomic E-state index is 0.0250. The lowest BCUT2D eigenvalue weighted by Crippen LogP contribution is -2.35. The van der Waals surface area contributed by atoms with E-state index < -0.39 is 0 Å². The van der Waals surface area contributed by atoms with Gasteiger partial charge in [0.15, 0.2) is 5.65 Å². The molecule has 0 aromatic carbocycles. The smallest absolute Gasteiger partial charge is 0.177 e. The van der Waals surface area contributed by atoms with Gasteiger partial charge in [0.1, 0.15) is 22.0 Å². The van der Waals surface area contributed by atoms with Crippen molar-refractivity contribution in [3.63, 3.8) is 0 Å². The fraction of sp³-hybridized carbons (Fsp3) is 0.318. The molecule has 1 saturated carbocycles. The highest BCUT2D eigenvalue weighted by atomic mass is 35.5. The summed E-state index contributed by atoms with van der Waals surface area (Å²) in [6.07, 6.45) is 5.41. The first-order valence-electron chi connectivity index (χ1n) is 10.8. The number of nitrogens with zero attached hydrogens (tertiary/aromatic N) is 7. The molecule has 5 aromatic rings. The van der Waals surface area contributed by atoms with E-state index in [9.17, 15) is 0 Å². The average Bonchev–Trinajstić information content (AvgIpc) is 3.46. The Morgan fingerprint density at radius 1 is 1.27 bits per heavy atom. The molecule has 9 nitrogen and oxygen atoms in total. The lowest BCUT2D eigenvalue weighted by molar-refractivity contribution is 0.549. The van der Waals surface area contributed by atoms with Gasteiger partial charge in [-0.1, -0.05) is 11.6 Å². The maximum Gasteiger partial charge on any atom is 0.177 e. The van der Waals surface area contributed by atoms with Gasteiger partial charge in [0, 0.05) is 47.9 Å². The van der Waals surface area contributed by atoms with Gasteiger partial charge in [-0.3, -0.25) is 5.10 Å². The molecular formula is C22H20ClN9S. The Bertz CT molecular complexity index is 1520. The molecule has 0 radical (unpaired) electrons. The van der Waals surface area contributed by atoms with Crippen molar-refractivity contribution in [3.05, 3.63) is 51.8 Å². The Kier molecular flexibility index (Phi) is 3.95. The fourth-order valence-electron chi connectivity index (χ4n) is 5.48. The molecule has 3 N–H and O–H groups in total. The molecule has 0 amide bonds. The van der Waals surface area contributed by atoms with Crippen molar-refractivity contribution >= 4 is 45.4 Å². The number of aromatic amines is 1. The summed E-state index contributed by atoms with van der Waals surface area (Å²) in [5.41, 5.74) is 11.0. The zero-order valence-corrected chi connectivity index (χ0v) is 19.3. The first-order chi connectivity index (χ1) is 16.1. The SMILES string of the molecule is Cc1csc([C@]2(CN)[C@@H]3CN(c4cnc5c(-c6ccn7nccc7c6Cl)n[nH]c5n4)C[C@@H]32)n1. The van der Waals surface area contributed by atoms with Crippen molar-refractivity contribution in [2.24, 2.45) is 17.6 Å². The summed E-state index contributed by atoms with van der Waals surface area (Å²) in [6.45, 7) is 4.50. The molecule has 1 saturated heterocycles. The number of hydrogen-bond donors (Lipinski definition) is 2. The molecule has 11 heteroatoms. The zero-order valence-electron chi connectivity index (χ0n) is 17.7. The lowest BCUT2D eigenvalue weighted by atomic mass is 10.0. The molecule has 1 aliphatic heterocycles. The van der Waals surface area contributed by atoms with Crippen LogP contribution in [0.1, 0.15) is 10.7 Å². The van der Waals surface area contributed by atoms with E-state index in [4.69, 9.17) is 32.3 Å². The topological polar surface area (TPSA) is 114 Å². The summed E-state index contributed by atoms with van der Waals surface area (Å²) < 4.78 is 1.73. The van der Waals surface area contributed by atoms with E-state index in [0.29, 0.717) is 40.3 Å². The van der Waals surface area contributed by atoms with E-state index in [1.807, 2.05) is 31.5 Å². The largest absolute Gasteiger partial charge is 0.355 e. The molecule has 2 fully saturated rings. The van der Waals surface area contributed by atoms with Crippen molar-refractivity contribution in [1.82, 2.24) is 34.8 Å². The molecular weight excluding hydrogens is 458 g/mol. The molecule has 7 rings (SSSR count). The number of nitrogens with one attached hydrogen (secondary N) is 1. The number of rotatable bonds is 4. The first-order valence-corrected chi connectivity index (χ1v) is 12.1. The molecule has 0 bridgehead atoms. The van der Waals surface area contributed by atoms with E-state index in [-0.39, 0.29) is 5.41 Å². The second-order valence-electron chi connectivity index (χ2n) is 8.86. The maximum atomic E-state index is 6.64.